The maximum Gasteiger partial charge on any atom is 0.337 e. The Morgan fingerprint density at radius 1 is 1.10 bits per heavy atom. The van der Waals surface area contributed by atoms with Crippen molar-refractivity contribution >= 4 is 11.7 Å². The number of aromatic carboxylic acids is 1. The highest BCUT2D eigenvalue weighted by Crippen LogP contribution is 2.20. The number of benzene rings is 1. The van der Waals surface area contributed by atoms with Crippen molar-refractivity contribution in [2.45, 2.75) is 58.3 Å². The Kier molecular flexibility index (Phi) is 8.32. The van der Waals surface area contributed by atoms with Gasteiger partial charge in [0.2, 0.25) is 0 Å². The summed E-state index contributed by atoms with van der Waals surface area (Å²) in [5.41, 5.74) is 5.96. The summed E-state index contributed by atoms with van der Waals surface area (Å²) < 4.78 is 5.58. The fraction of sp³-hybridized carbons (Fsp3) is 0.588. The molecule has 0 aliphatic carbocycles. The van der Waals surface area contributed by atoms with Crippen LogP contribution in [0, 0.1) is 0 Å². The lowest BCUT2D eigenvalue weighted by atomic mass is 10.1. The van der Waals surface area contributed by atoms with Crippen LogP contribution in [0.2, 0.25) is 0 Å². The average molecular weight is 293 g/mol. The van der Waals surface area contributed by atoms with E-state index in [1.54, 1.807) is 12.1 Å². The van der Waals surface area contributed by atoms with E-state index >= 15 is 0 Å². The molecule has 1 rings (SSSR count). The zero-order chi connectivity index (χ0) is 15.5. The van der Waals surface area contributed by atoms with Gasteiger partial charge in [-0.15, -0.1) is 0 Å². The van der Waals surface area contributed by atoms with Crippen molar-refractivity contribution in [3.05, 3.63) is 23.8 Å². The number of nitrogen functional groups attached to an aromatic ring is 1. The van der Waals surface area contributed by atoms with Gasteiger partial charge in [-0.2, -0.15) is 0 Å². The lowest BCUT2D eigenvalue weighted by molar-refractivity contribution is 0.0697. The van der Waals surface area contributed by atoms with Crippen LogP contribution in [-0.2, 0) is 0 Å². The zero-order valence-corrected chi connectivity index (χ0v) is 12.9. The van der Waals surface area contributed by atoms with Crippen molar-refractivity contribution in [1.29, 1.82) is 0 Å². The van der Waals surface area contributed by atoms with Gasteiger partial charge in [0.1, 0.15) is 5.75 Å². The van der Waals surface area contributed by atoms with Gasteiger partial charge in [-0.05, 0) is 24.6 Å². The first-order valence-corrected chi connectivity index (χ1v) is 7.90. The van der Waals surface area contributed by atoms with Crippen LogP contribution >= 0.6 is 0 Å². The number of hydrogen-bond donors (Lipinski definition) is 2. The number of carbonyl (C=O) groups is 1. The third-order valence-corrected chi connectivity index (χ3v) is 3.52. The van der Waals surface area contributed by atoms with E-state index in [1.165, 1.54) is 44.6 Å². The highest BCUT2D eigenvalue weighted by atomic mass is 16.5. The Morgan fingerprint density at radius 3 is 2.33 bits per heavy atom. The van der Waals surface area contributed by atoms with Gasteiger partial charge in [0.05, 0.1) is 12.2 Å². The fourth-order valence-electron chi connectivity index (χ4n) is 2.24. The van der Waals surface area contributed by atoms with Gasteiger partial charge >= 0.3 is 5.97 Å². The Labute approximate surface area is 127 Å². The van der Waals surface area contributed by atoms with E-state index in [0.29, 0.717) is 12.4 Å². The number of hydrogen-bond acceptors (Lipinski definition) is 3. The highest BCUT2D eigenvalue weighted by Gasteiger charge is 2.08. The molecule has 4 heteroatoms. The summed E-state index contributed by atoms with van der Waals surface area (Å²) in [6.45, 7) is 2.85. The summed E-state index contributed by atoms with van der Waals surface area (Å²) in [6.07, 6.45) is 10.00. The van der Waals surface area contributed by atoms with E-state index in [-0.39, 0.29) is 11.3 Å². The molecule has 0 bridgehead atoms. The summed E-state index contributed by atoms with van der Waals surface area (Å²) >= 11 is 0. The molecule has 0 aliphatic heterocycles. The molecule has 0 spiro atoms. The predicted molar refractivity (Wildman–Crippen MR) is 85.9 cm³/mol. The molecule has 0 atom stereocenters. The minimum Gasteiger partial charge on any atom is -0.494 e. The van der Waals surface area contributed by atoms with E-state index in [4.69, 9.17) is 15.6 Å². The van der Waals surface area contributed by atoms with Gasteiger partial charge in [0.15, 0.2) is 0 Å². The summed E-state index contributed by atoms with van der Waals surface area (Å²) in [6, 6.07) is 4.78. The van der Waals surface area contributed by atoms with Gasteiger partial charge in [0.25, 0.3) is 0 Å². The predicted octanol–water partition coefficient (Wildman–Crippen LogP) is 4.49. The van der Waals surface area contributed by atoms with Crippen LogP contribution in [-0.4, -0.2) is 17.7 Å². The molecule has 0 aliphatic rings. The normalized spacial score (nSPS) is 10.5. The average Bonchev–Trinajstić information content (AvgIpc) is 2.47. The maximum atomic E-state index is 11.0. The van der Waals surface area contributed by atoms with Gasteiger partial charge in [-0.1, -0.05) is 51.9 Å². The maximum absolute atomic E-state index is 11.0. The second kappa shape index (κ2) is 10.1. The molecule has 0 aromatic heterocycles. The van der Waals surface area contributed by atoms with E-state index in [0.717, 1.165) is 12.8 Å². The van der Waals surface area contributed by atoms with Crippen LogP contribution in [0.3, 0.4) is 0 Å². The third kappa shape index (κ3) is 7.02. The Balaban J connectivity index is 2.16. The van der Waals surface area contributed by atoms with Gasteiger partial charge < -0.3 is 15.6 Å². The SMILES string of the molecule is CCCCCCCCCCOc1ccc(N)c(C(=O)O)c1. The summed E-state index contributed by atoms with van der Waals surface area (Å²) in [4.78, 5) is 11.0. The molecule has 1 aromatic carbocycles. The second-order valence-electron chi connectivity index (χ2n) is 5.38. The van der Waals surface area contributed by atoms with Crippen molar-refractivity contribution in [2.75, 3.05) is 12.3 Å². The Bertz CT molecular complexity index is 432. The van der Waals surface area contributed by atoms with Crippen molar-refractivity contribution in [2.24, 2.45) is 0 Å². The second-order valence-corrected chi connectivity index (χ2v) is 5.38. The monoisotopic (exact) mass is 293 g/mol. The Morgan fingerprint density at radius 2 is 1.71 bits per heavy atom. The van der Waals surface area contributed by atoms with Crippen LogP contribution in [0.5, 0.6) is 5.75 Å². The molecular weight excluding hydrogens is 266 g/mol. The first kappa shape index (κ1) is 17.3. The van der Waals surface area contributed by atoms with E-state index in [1.807, 2.05) is 0 Å². The molecule has 0 saturated heterocycles. The van der Waals surface area contributed by atoms with Crippen LogP contribution in [0.25, 0.3) is 0 Å². The number of rotatable bonds is 11. The van der Waals surface area contributed by atoms with Crippen LogP contribution in [0.15, 0.2) is 18.2 Å². The van der Waals surface area contributed by atoms with Crippen molar-refractivity contribution in [3.8, 4) is 5.75 Å². The lowest BCUT2D eigenvalue weighted by Crippen LogP contribution is -2.04. The van der Waals surface area contributed by atoms with Crippen molar-refractivity contribution < 1.29 is 14.6 Å². The van der Waals surface area contributed by atoms with Crippen LogP contribution in [0.4, 0.5) is 5.69 Å². The molecule has 0 saturated carbocycles. The smallest absolute Gasteiger partial charge is 0.337 e. The first-order valence-electron chi connectivity index (χ1n) is 7.90. The molecule has 1 aromatic rings. The van der Waals surface area contributed by atoms with Crippen LogP contribution in [0.1, 0.15) is 68.6 Å². The molecular formula is C17H27NO3. The minimum absolute atomic E-state index is 0.100. The quantitative estimate of drug-likeness (QED) is 0.466. The molecule has 0 heterocycles. The number of carboxylic acid groups (broad SMARTS) is 1. The summed E-state index contributed by atoms with van der Waals surface area (Å²) in [5.74, 6) is -0.449. The largest absolute Gasteiger partial charge is 0.494 e. The van der Waals surface area contributed by atoms with Gasteiger partial charge in [0, 0.05) is 5.69 Å². The Hall–Kier alpha value is -1.71. The molecule has 0 fully saturated rings. The molecule has 4 nitrogen and oxygen atoms in total. The zero-order valence-electron chi connectivity index (χ0n) is 12.9. The van der Waals surface area contributed by atoms with E-state index < -0.39 is 5.97 Å². The van der Waals surface area contributed by atoms with Crippen molar-refractivity contribution in [3.63, 3.8) is 0 Å². The summed E-state index contributed by atoms with van der Waals surface area (Å²) in [7, 11) is 0. The minimum atomic E-state index is -1.02. The van der Waals surface area contributed by atoms with E-state index in [9.17, 15) is 4.79 Å². The molecule has 0 radical (unpaired) electrons. The van der Waals surface area contributed by atoms with Crippen molar-refractivity contribution in [1.82, 2.24) is 0 Å². The molecule has 0 unspecified atom stereocenters. The fourth-order valence-corrected chi connectivity index (χ4v) is 2.24. The van der Waals surface area contributed by atoms with Gasteiger partial charge in [-0.3, -0.25) is 0 Å². The number of nitrogens with two attached hydrogens (primary N) is 1. The van der Waals surface area contributed by atoms with E-state index in [2.05, 4.69) is 6.92 Å². The molecule has 3 N–H and O–H groups in total. The topological polar surface area (TPSA) is 72.5 Å². The third-order valence-electron chi connectivity index (χ3n) is 3.52. The molecule has 21 heavy (non-hydrogen) atoms. The lowest BCUT2D eigenvalue weighted by Gasteiger charge is -2.08. The first-order chi connectivity index (χ1) is 10.1. The number of unbranched alkanes of at least 4 members (excludes halogenated alkanes) is 7. The van der Waals surface area contributed by atoms with Crippen LogP contribution < -0.4 is 10.5 Å². The number of ether oxygens (including phenoxy) is 1. The number of carboxylic acids is 1. The van der Waals surface area contributed by atoms with Gasteiger partial charge in [-0.25, -0.2) is 4.79 Å². The summed E-state index contributed by atoms with van der Waals surface area (Å²) in [5, 5.41) is 8.98. The highest BCUT2D eigenvalue weighted by molar-refractivity contribution is 5.94. The molecule has 118 valence electrons. The number of anilines is 1. The standard InChI is InChI=1S/C17H27NO3/c1-2-3-4-5-6-7-8-9-12-21-14-10-11-16(18)15(13-14)17(19)20/h10-11,13H,2-9,12,18H2,1H3,(H,19,20). The molecule has 0 amide bonds.